The van der Waals surface area contributed by atoms with E-state index in [1.54, 1.807) is 0 Å². The van der Waals surface area contributed by atoms with Crippen LogP contribution in [0.4, 0.5) is 0 Å². The molecule has 0 aromatic rings. The fraction of sp³-hybridized carbons (Fsp3) is 0.800. The lowest BCUT2D eigenvalue weighted by molar-refractivity contribution is -0.145. The maximum absolute atomic E-state index is 12.1. The molecule has 0 atom stereocenters. The first-order valence-corrected chi connectivity index (χ1v) is 15.6. The molecule has 0 saturated heterocycles. The Morgan fingerprint density at radius 1 is 0.722 bits per heavy atom. The Morgan fingerprint density at radius 3 is 1.56 bits per heavy atom. The van der Waals surface area contributed by atoms with E-state index in [9.17, 15) is 9.59 Å². The lowest BCUT2D eigenvalue weighted by Gasteiger charge is -2.35. The van der Waals surface area contributed by atoms with Crippen molar-refractivity contribution in [2.45, 2.75) is 96.8 Å². The number of carbonyl (C=O) groups is 2. The van der Waals surface area contributed by atoms with Crippen LogP contribution in [0.25, 0.3) is 0 Å². The molecule has 36 heavy (non-hydrogen) atoms. The summed E-state index contributed by atoms with van der Waals surface area (Å²) >= 11 is 8.21. The lowest BCUT2D eigenvalue weighted by Crippen LogP contribution is -2.31. The minimum absolute atomic E-state index is 0.0118. The van der Waals surface area contributed by atoms with Crippen LogP contribution in [0.5, 0.6) is 0 Å². The molecule has 2 aliphatic rings. The summed E-state index contributed by atoms with van der Waals surface area (Å²) in [5.41, 5.74) is 0.687. The predicted octanol–water partition coefficient (Wildman–Crippen LogP) is 7.63. The van der Waals surface area contributed by atoms with Crippen LogP contribution in [0.1, 0.15) is 96.8 Å². The van der Waals surface area contributed by atoms with Gasteiger partial charge in [0, 0.05) is 28.6 Å². The van der Waals surface area contributed by atoms with Crippen LogP contribution in [-0.2, 0) is 19.1 Å². The molecule has 2 fully saturated rings. The zero-order valence-electron chi connectivity index (χ0n) is 22.6. The smallest absolute Gasteiger partial charge is 0.334 e. The maximum atomic E-state index is 12.1. The predicted molar refractivity (Wildman–Crippen MR) is 156 cm³/mol. The average molecular weight is 539 g/mol. The van der Waals surface area contributed by atoms with Gasteiger partial charge in [0.05, 0.1) is 13.2 Å². The van der Waals surface area contributed by atoms with Gasteiger partial charge in [-0.05, 0) is 36.5 Å². The molecular formula is C30H50O4S2. The van der Waals surface area contributed by atoms with E-state index in [0.717, 1.165) is 30.6 Å². The summed E-state index contributed by atoms with van der Waals surface area (Å²) in [6, 6.07) is 0. The van der Waals surface area contributed by atoms with Gasteiger partial charge >= 0.3 is 11.9 Å². The fourth-order valence-corrected chi connectivity index (χ4v) is 6.19. The summed E-state index contributed by atoms with van der Waals surface area (Å²) in [5, 5.41) is 0. The molecule has 6 heteroatoms. The summed E-state index contributed by atoms with van der Waals surface area (Å²) in [5.74, 6) is 2.77. The Balaban J connectivity index is 1.76. The minimum Gasteiger partial charge on any atom is -0.462 e. The van der Waals surface area contributed by atoms with Crippen molar-refractivity contribution in [1.29, 1.82) is 0 Å². The van der Waals surface area contributed by atoms with Gasteiger partial charge < -0.3 is 9.47 Å². The summed E-state index contributed by atoms with van der Waals surface area (Å²) in [7, 11) is 0. The highest BCUT2D eigenvalue weighted by Gasteiger charge is 2.30. The largest absolute Gasteiger partial charge is 0.462 e. The van der Waals surface area contributed by atoms with E-state index < -0.39 is 11.9 Å². The van der Waals surface area contributed by atoms with Crippen molar-refractivity contribution in [2.24, 2.45) is 29.6 Å². The monoisotopic (exact) mass is 538 g/mol. The number of ether oxygens (including phenoxy) is 2. The Labute approximate surface area is 231 Å². The van der Waals surface area contributed by atoms with Gasteiger partial charge in [-0.3, -0.25) is 0 Å². The number of hydrogen-bond donors (Lipinski definition) is 2. The van der Waals surface area contributed by atoms with E-state index in [2.05, 4.69) is 45.3 Å². The molecule has 0 N–H and O–H groups in total. The number of carbonyl (C=O) groups excluding carboxylic acids is 2. The summed E-state index contributed by atoms with van der Waals surface area (Å²) in [4.78, 5) is 24.2. The first-order chi connectivity index (χ1) is 17.4. The SMILES string of the molecule is C=C(CS)C(=O)OCC(COC(=O)C(=C)CS)C1CCC(CCC2CCC(CCCCC)CC2)CC1. The third-order valence-corrected chi connectivity index (χ3v) is 9.30. The van der Waals surface area contributed by atoms with E-state index in [1.165, 1.54) is 77.0 Å². The normalized spacial score (nSPS) is 24.3. The van der Waals surface area contributed by atoms with E-state index in [0.29, 0.717) is 17.1 Å². The molecule has 0 unspecified atom stereocenters. The van der Waals surface area contributed by atoms with Crippen LogP contribution in [0, 0.1) is 29.6 Å². The van der Waals surface area contributed by atoms with Crippen molar-refractivity contribution < 1.29 is 19.1 Å². The minimum atomic E-state index is -0.421. The first-order valence-electron chi connectivity index (χ1n) is 14.3. The van der Waals surface area contributed by atoms with Crippen LogP contribution in [0.2, 0.25) is 0 Å². The highest BCUT2D eigenvalue weighted by molar-refractivity contribution is 7.80. The number of hydrogen-bond acceptors (Lipinski definition) is 6. The molecule has 0 aromatic heterocycles. The van der Waals surface area contributed by atoms with Crippen molar-refractivity contribution in [3.05, 3.63) is 24.3 Å². The molecule has 2 aliphatic carbocycles. The molecule has 206 valence electrons. The second kappa shape index (κ2) is 17.6. The van der Waals surface area contributed by atoms with Crippen molar-refractivity contribution in [3.8, 4) is 0 Å². The summed E-state index contributed by atoms with van der Waals surface area (Å²) in [6.07, 6.45) is 18.7. The molecule has 0 bridgehead atoms. The molecule has 2 saturated carbocycles. The van der Waals surface area contributed by atoms with Crippen LogP contribution in [0.3, 0.4) is 0 Å². The van der Waals surface area contributed by atoms with Gasteiger partial charge in [-0.15, -0.1) is 0 Å². The first kappa shape index (κ1) is 31.3. The summed E-state index contributed by atoms with van der Waals surface area (Å²) in [6.45, 7) is 10.2. The number of unbranched alkanes of at least 4 members (excludes halogenated alkanes) is 2. The third-order valence-electron chi connectivity index (χ3n) is 8.54. The zero-order valence-corrected chi connectivity index (χ0v) is 24.3. The number of esters is 2. The zero-order chi connectivity index (χ0) is 26.3. The van der Waals surface area contributed by atoms with Crippen LogP contribution in [-0.4, -0.2) is 36.7 Å². The second-order valence-corrected chi connectivity index (χ2v) is 11.9. The Bertz CT molecular complexity index is 659. The van der Waals surface area contributed by atoms with Gasteiger partial charge in [0.1, 0.15) is 0 Å². The van der Waals surface area contributed by atoms with Gasteiger partial charge in [0.2, 0.25) is 0 Å². The van der Waals surface area contributed by atoms with E-state index in [1.807, 2.05) is 0 Å². The van der Waals surface area contributed by atoms with Crippen molar-refractivity contribution in [1.82, 2.24) is 0 Å². The number of rotatable bonds is 16. The van der Waals surface area contributed by atoms with Gasteiger partial charge in [-0.25, -0.2) is 9.59 Å². The van der Waals surface area contributed by atoms with Crippen LogP contribution < -0.4 is 0 Å². The van der Waals surface area contributed by atoms with Gasteiger partial charge in [-0.1, -0.05) is 97.1 Å². The highest BCUT2D eigenvalue weighted by Crippen LogP contribution is 2.39. The van der Waals surface area contributed by atoms with Crippen molar-refractivity contribution in [2.75, 3.05) is 24.7 Å². The molecular weight excluding hydrogens is 488 g/mol. The Kier molecular flexibility index (Phi) is 15.3. The highest BCUT2D eigenvalue weighted by atomic mass is 32.1. The fourth-order valence-electron chi connectivity index (χ4n) is 5.93. The topological polar surface area (TPSA) is 52.6 Å². The third kappa shape index (κ3) is 11.2. The van der Waals surface area contributed by atoms with E-state index in [4.69, 9.17) is 9.47 Å². The Hall–Kier alpha value is -0.880. The van der Waals surface area contributed by atoms with E-state index >= 15 is 0 Å². The molecule has 0 radical (unpaired) electrons. The molecule has 0 aromatic carbocycles. The quantitative estimate of drug-likeness (QED) is 0.0918. The molecule has 0 spiro atoms. The van der Waals surface area contributed by atoms with Gasteiger partial charge in [0.25, 0.3) is 0 Å². The molecule has 4 nitrogen and oxygen atoms in total. The summed E-state index contributed by atoms with van der Waals surface area (Å²) < 4.78 is 11.0. The average Bonchev–Trinajstić information content (AvgIpc) is 2.91. The molecule has 0 heterocycles. The van der Waals surface area contributed by atoms with Crippen molar-refractivity contribution in [3.63, 3.8) is 0 Å². The second-order valence-electron chi connectivity index (χ2n) is 11.2. The van der Waals surface area contributed by atoms with Gasteiger partial charge in [-0.2, -0.15) is 25.3 Å². The maximum Gasteiger partial charge on any atom is 0.334 e. The number of thiol groups is 2. The van der Waals surface area contributed by atoms with Crippen molar-refractivity contribution >= 4 is 37.2 Å². The van der Waals surface area contributed by atoms with E-state index in [-0.39, 0.29) is 30.6 Å². The van der Waals surface area contributed by atoms with Gasteiger partial charge in [0.15, 0.2) is 0 Å². The van der Waals surface area contributed by atoms with Crippen LogP contribution >= 0.6 is 25.3 Å². The Morgan fingerprint density at radius 2 is 1.14 bits per heavy atom. The lowest BCUT2D eigenvalue weighted by atomic mass is 9.72. The van der Waals surface area contributed by atoms with Crippen LogP contribution in [0.15, 0.2) is 24.3 Å². The molecule has 0 aliphatic heterocycles. The molecule has 0 amide bonds. The standard InChI is InChI=1S/C30H50O4S2/c1-4-5-6-7-24-8-10-25(11-9-24)12-13-26-14-16-27(17-15-26)28(18-33-29(31)22(2)20-35)19-34-30(32)23(3)21-36/h24-28,35-36H,2-21H2,1H3. The molecule has 2 rings (SSSR count).